The van der Waals surface area contributed by atoms with Gasteiger partial charge in [-0.25, -0.2) is 4.98 Å². The highest BCUT2D eigenvalue weighted by molar-refractivity contribution is 6.30. The van der Waals surface area contributed by atoms with Crippen LogP contribution >= 0.6 is 11.6 Å². The van der Waals surface area contributed by atoms with Gasteiger partial charge in [0.05, 0.1) is 0 Å². The molecule has 2 heterocycles. The number of fused-ring (bicyclic) bond motifs is 1. The van der Waals surface area contributed by atoms with Crippen LogP contribution < -0.4 is 5.56 Å². The molecule has 1 aromatic carbocycles. The maximum absolute atomic E-state index is 12.0. The minimum atomic E-state index is -0.163. The molecule has 0 bridgehead atoms. The minimum Gasteiger partial charge on any atom is -0.306 e. The van der Waals surface area contributed by atoms with Gasteiger partial charge < -0.3 is 4.98 Å². The van der Waals surface area contributed by atoms with Crippen molar-refractivity contribution in [2.75, 3.05) is 0 Å². The van der Waals surface area contributed by atoms with Gasteiger partial charge in [0.2, 0.25) is 0 Å². The van der Waals surface area contributed by atoms with Crippen molar-refractivity contribution in [1.82, 2.24) is 9.97 Å². The summed E-state index contributed by atoms with van der Waals surface area (Å²) >= 11 is 5.94. The van der Waals surface area contributed by atoms with Crippen LogP contribution in [0.1, 0.15) is 0 Å². The molecular weight excluding hydrogens is 248 g/mol. The number of rotatable bonds is 1. The van der Waals surface area contributed by atoms with Crippen molar-refractivity contribution in [1.29, 1.82) is 0 Å². The SMILES string of the molecule is O=c1[nH]c2ncccc2cc1-c1cccc(Cl)c1. The molecule has 88 valence electrons. The Morgan fingerprint density at radius 3 is 2.83 bits per heavy atom. The normalized spacial score (nSPS) is 10.7. The first-order valence-corrected chi connectivity index (χ1v) is 5.86. The Morgan fingerprint density at radius 1 is 1.11 bits per heavy atom. The number of aromatic nitrogens is 2. The van der Waals surface area contributed by atoms with Crippen molar-refractivity contribution in [3.8, 4) is 11.1 Å². The lowest BCUT2D eigenvalue weighted by Crippen LogP contribution is -2.09. The number of pyridine rings is 2. The van der Waals surface area contributed by atoms with Gasteiger partial charge in [-0.3, -0.25) is 4.79 Å². The van der Waals surface area contributed by atoms with E-state index in [2.05, 4.69) is 9.97 Å². The van der Waals surface area contributed by atoms with Crippen molar-refractivity contribution in [3.05, 3.63) is 64.0 Å². The highest BCUT2D eigenvalue weighted by Crippen LogP contribution is 2.21. The van der Waals surface area contributed by atoms with Crippen LogP contribution in [0, 0.1) is 0 Å². The summed E-state index contributed by atoms with van der Waals surface area (Å²) < 4.78 is 0. The fourth-order valence-corrected chi connectivity index (χ4v) is 2.10. The largest absolute Gasteiger partial charge is 0.306 e. The van der Waals surface area contributed by atoms with Crippen LogP contribution in [0.2, 0.25) is 5.02 Å². The lowest BCUT2D eigenvalue weighted by molar-refractivity contribution is 1.23. The Morgan fingerprint density at radius 2 is 2.00 bits per heavy atom. The Bertz CT molecular complexity index is 780. The first-order chi connectivity index (χ1) is 8.74. The monoisotopic (exact) mass is 256 g/mol. The number of nitrogens with one attached hydrogen (secondary N) is 1. The summed E-state index contributed by atoms with van der Waals surface area (Å²) in [4.78, 5) is 18.9. The van der Waals surface area contributed by atoms with Crippen LogP contribution in [0.25, 0.3) is 22.2 Å². The van der Waals surface area contributed by atoms with Crippen LogP contribution in [-0.2, 0) is 0 Å². The van der Waals surface area contributed by atoms with Crippen LogP contribution in [0.5, 0.6) is 0 Å². The van der Waals surface area contributed by atoms with Crippen LogP contribution in [-0.4, -0.2) is 9.97 Å². The van der Waals surface area contributed by atoms with Gasteiger partial charge in [-0.05, 0) is 35.9 Å². The van der Waals surface area contributed by atoms with Crippen molar-refractivity contribution < 1.29 is 0 Å². The van der Waals surface area contributed by atoms with E-state index < -0.39 is 0 Å². The van der Waals surface area contributed by atoms with Crippen molar-refractivity contribution >= 4 is 22.6 Å². The molecule has 3 aromatic rings. The van der Waals surface area contributed by atoms with E-state index in [1.165, 1.54) is 0 Å². The van der Waals surface area contributed by atoms with E-state index in [-0.39, 0.29) is 5.56 Å². The number of H-pyrrole nitrogens is 1. The molecule has 2 aromatic heterocycles. The Labute approximate surface area is 108 Å². The number of aromatic amines is 1. The second-order valence-corrected chi connectivity index (χ2v) is 4.40. The molecule has 0 atom stereocenters. The number of nitrogens with zero attached hydrogens (tertiary/aromatic N) is 1. The van der Waals surface area contributed by atoms with Gasteiger partial charge in [0.15, 0.2) is 0 Å². The maximum Gasteiger partial charge on any atom is 0.257 e. The van der Waals surface area contributed by atoms with E-state index >= 15 is 0 Å². The quantitative estimate of drug-likeness (QED) is 0.726. The number of halogens is 1. The molecule has 18 heavy (non-hydrogen) atoms. The van der Waals surface area contributed by atoms with Gasteiger partial charge in [0.1, 0.15) is 5.65 Å². The molecule has 0 saturated carbocycles. The van der Waals surface area contributed by atoms with Crippen LogP contribution in [0.3, 0.4) is 0 Å². The molecule has 0 aliphatic rings. The van der Waals surface area contributed by atoms with Gasteiger partial charge in [-0.15, -0.1) is 0 Å². The summed E-state index contributed by atoms with van der Waals surface area (Å²) in [5, 5.41) is 1.50. The topological polar surface area (TPSA) is 45.8 Å². The maximum atomic E-state index is 12.0. The minimum absolute atomic E-state index is 0.163. The molecular formula is C14H9ClN2O. The molecule has 0 saturated heterocycles. The smallest absolute Gasteiger partial charge is 0.257 e. The molecule has 0 unspecified atom stereocenters. The summed E-state index contributed by atoms with van der Waals surface area (Å²) in [6.07, 6.45) is 1.65. The summed E-state index contributed by atoms with van der Waals surface area (Å²) in [5.41, 5.74) is 1.82. The Kier molecular flexibility index (Phi) is 2.61. The molecule has 4 heteroatoms. The van der Waals surface area contributed by atoms with Crippen LogP contribution in [0.4, 0.5) is 0 Å². The van der Waals surface area contributed by atoms with Crippen LogP contribution in [0.15, 0.2) is 53.5 Å². The molecule has 0 fully saturated rings. The predicted octanol–water partition coefficient (Wildman–Crippen LogP) is 3.24. The van der Waals surface area contributed by atoms with Crippen molar-refractivity contribution in [3.63, 3.8) is 0 Å². The predicted molar refractivity (Wildman–Crippen MR) is 72.8 cm³/mol. The average Bonchev–Trinajstić information content (AvgIpc) is 2.38. The van der Waals surface area contributed by atoms with E-state index in [0.717, 1.165) is 10.9 Å². The number of benzene rings is 1. The number of hydrogen-bond acceptors (Lipinski definition) is 2. The average molecular weight is 257 g/mol. The van der Waals surface area contributed by atoms with E-state index in [9.17, 15) is 4.79 Å². The summed E-state index contributed by atoms with van der Waals surface area (Å²) in [6.45, 7) is 0. The zero-order valence-electron chi connectivity index (χ0n) is 9.35. The summed E-state index contributed by atoms with van der Waals surface area (Å²) in [6, 6.07) is 12.8. The second-order valence-electron chi connectivity index (χ2n) is 3.96. The molecule has 0 aliphatic carbocycles. The molecule has 3 nitrogen and oxygen atoms in total. The third-order valence-corrected chi connectivity index (χ3v) is 2.99. The summed E-state index contributed by atoms with van der Waals surface area (Å²) in [7, 11) is 0. The fourth-order valence-electron chi connectivity index (χ4n) is 1.91. The molecule has 3 rings (SSSR count). The third-order valence-electron chi connectivity index (χ3n) is 2.75. The number of hydrogen-bond donors (Lipinski definition) is 1. The molecule has 0 radical (unpaired) electrons. The van der Waals surface area contributed by atoms with Gasteiger partial charge in [-0.1, -0.05) is 23.7 Å². The summed E-state index contributed by atoms with van der Waals surface area (Å²) in [5.74, 6) is 0. The van der Waals surface area contributed by atoms with E-state index in [1.54, 1.807) is 18.3 Å². The highest BCUT2D eigenvalue weighted by atomic mass is 35.5. The lowest BCUT2D eigenvalue weighted by Gasteiger charge is -2.03. The zero-order chi connectivity index (χ0) is 12.5. The van der Waals surface area contributed by atoms with Gasteiger partial charge in [-0.2, -0.15) is 0 Å². The molecule has 1 N–H and O–H groups in total. The molecule has 0 aliphatic heterocycles. The molecule has 0 spiro atoms. The van der Waals surface area contributed by atoms with Gasteiger partial charge >= 0.3 is 0 Å². The van der Waals surface area contributed by atoms with Crippen molar-refractivity contribution in [2.45, 2.75) is 0 Å². The first kappa shape index (κ1) is 11.0. The Hall–Kier alpha value is -2.13. The van der Waals surface area contributed by atoms with E-state index in [4.69, 9.17) is 11.6 Å². The van der Waals surface area contributed by atoms with E-state index in [1.807, 2.05) is 30.3 Å². The molecule has 0 amide bonds. The Balaban J connectivity index is 2.29. The standard InChI is InChI=1S/C14H9ClN2O/c15-11-5-1-3-9(7-11)12-8-10-4-2-6-16-13(10)17-14(12)18/h1-8H,(H,16,17,18). The highest BCUT2D eigenvalue weighted by Gasteiger charge is 2.06. The zero-order valence-corrected chi connectivity index (χ0v) is 10.1. The lowest BCUT2D eigenvalue weighted by atomic mass is 10.1. The van der Waals surface area contributed by atoms with E-state index in [0.29, 0.717) is 16.2 Å². The first-order valence-electron chi connectivity index (χ1n) is 5.48. The van der Waals surface area contributed by atoms with Crippen molar-refractivity contribution in [2.24, 2.45) is 0 Å². The van der Waals surface area contributed by atoms with Gasteiger partial charge in [0, 0.05) is 22.2 Å². The van der Waals surface area contributed by atoms with Gasteiger partial charge in [0.25, 0.3) is 5.56 Å². The second kappa shape index (κ2) is 4.27. The fraction of sp³-hybridized carbons (Fsp3) is 0. The third kappa shape index (κ3) is 1.89.